The van der Waals surface area contributed by atoms with Crippen molar-refractivity contribution in [1.29, 1.82) is 0 Å². The van der Waals surface area contributed by atoms with E-state index in [1.54, 1.807) is 13.8 Å². The number of rotatable bonds is 7. The lowest BCUT2D eigenvalue weighted by Crippen LogP contribution is -2.32. The van der Waals surface area contributed by atoms with Gasteiger partial charge in [-0.1, -0.05) is 29.8 Å². The molecule has 1 aliphatic heterocycles. The van der Waals surface area contributed by atoms with Gasteiger partial charge in [0.25, 0.3) is 17.7 Å². The van der Waals surface area contributed by atoms with Crippen LogP contribution in [0.3, 0.4) is 0 Å². The van der Waals surface area contributed by atoms with Crippen LogP contribution in [0.4, 0.5) is 30.2 Å². The van der Waals surface area contributed by atoms with Crippen molar-refractivity contribution in [3.63, 3.8) is 0 Å². The first-order valence-electron chi connectivity index (χ1n) is 11.8. The Morgan fingerprint density at radius 2 is 1.57 bits per heavy atom. The number of carbonyl (C=O) groups is 4. The van der Waals surface area contributed by atoms with Crippen LogP contribution in [0, 0.1) is 0 Å². The van der Waals surface area contributed by atoms with Crippen LogP contribution in [0.15, 0.2) is 83.5 Å². The summed E-state index contributed by atoms with van der Waals surface area (Å²) in [5, 5.41) is 4.55. The lowest BCUT2D eigenvalue weighted by molar-refractivity contribution is -0.137. The first kappa shape index (κ1) is 28.4. The Morgan fingerprint density at radius 3 is 2.23 bits per heavy atom. The smallest absolute Gasteiger partial charge is 0.418 e. The van der Waals surface area contributed by atoms with E-state index in [1.807, 2.05) is 0 Å². The molecule has 0 radical (unpaired) electrons. The second-order valence-corrected chi connectivity index (χ2v) is 9.22. The van der Waals surface area contributed by atoms with Crippen molar-refractivity contribution in [2.45, 2.75) is 26.1 Å². The maximum Gasteiger partial charge on any atom is 0.418 e. The monoisotopic (exact) mass is 571 g/mol. The Kier molecular flexibility index (Phi) is 7.96. The van der Waals surface area contributed by atoms with Gasteiger partial charge in [0.2, 0.25) is 0 Å². The molecule has 0 fully saturated rings. The standard InChI is InChI=1S/C28H21ClF3N3O5/c1-15(2)40-27(39)16-10-12-19(13-11-16)35-25(37)22(29)23(26(35)38)33-18-7-5-6-17(14-18)24(36)34-21-9-4-3-8-20(21)28(30,31)32/h3-15,33H,1-2H3,(H,34,36). The van der Waals surface area contributed by atoms with E-state index in [2.05, 4.69) is 10.6 Å². The van der Waals surface area contributed by atoms with Gasteiger partial charge in [-0.3, -0.25) is 14.4 Å². The van der Waals surface area contributed by atoms with E-state index in [9.17, 15) is 32.3 Å². The number of carbonyl (C=O) groups excluding carboxylic acids is 4. The van der Waals surface area contributed by atoms with Crippen molar-refractivity contribution in [2.24, 2.45) is 0 Å². The predicted molar refractivity (Wildman–Crippen MR) is 142 cm³/mol. The molecule has 40 heavy (non-hydrogen) atoms. The number of hydrogen-bond acceptors (Lipinski definition) is 6. The zero-order valence-corrected chi connectivity index (χ0v) is 21.8. The Balaban J connectivity index is 1.51. The zero-order valence-electron chi connectivity index (χ0n) is 21.0. The van der Waals surface area contributed by atoms with Gasteiger partial charge in [0.1, 0.15) is 10.7 Å². The predicted octanol–water partition coefficient (Wildman–Crippen LogP) is 5.96. The fourth-order valence-corrected chi connectivity index (χ4v) is 4.00. The van der Waals surface area contributed by atoms with Crippen molar-refractivity contribution in [1.82, 2.24) is 0 Å². The molecule has 0 unspecified atom stereocenters. The average Bonchev–Trinajstić information content (AvgIpc) is 3.11. The summed E-state index contributed by atoms with van der Waals surface area (Å²) in [5.41, 5.74) is -1.15. The number of hydrogen-bond donors (Lipinski definition) is 2. The van der Waals surface area contributed by atoms with E-state index in [0.717, 1.165) is 17.0 Å². The first-order chi connectivity index (χ1) is 18.9. The molecule has 3 aromatic carbocycles. The third-order valence-corrected chi connectivity index (χ3v) is 5.96. The summed E-state index contributed by atoms with van der Waals surface area (Å²) in [5.74, 6) is -3.00. The van der Waals surface area contributed by atoms with Gasteiger partial charge in [-0.15, -0.1) is 0 Å². The summed E-state index contributed by atoms with van der Waals surface area (Å²) in [6.45, 7) is 3.40. The van der Waals surface area contributed by atoms with Gasteiger partial charge in [0.15, 0.2) is 0 Å². The van der Waals surface area contributed by atoms with Crippen LogP contribution in [0.1, 0.15) is 40.1 Å². The van der Waals surface area contributed by atoms with Crippen molar-refractivity contribution in [3.05, 3.63) is 100 Å². The van der Waals surface area contributed by atoms with Crippen molar-refractivity contribution >= 4 is 52.4 Å². The summed E-state index contributed by atoms with van der Waals surface area (Å²) in [6.07, 6.45) is -5.00. The highest BCUT2D eigenvalue weighted by atomic mass is 35.5. The number of benzene rings is 3. The molecule has 3 amide bonds. The van der Waals surface area contributed by atoms with Crippen LogP contribution in [0.2, 0.25) is 0 Å². The molecule has 3 aromatic rings. The minimum absolute atomic E-state index is 0.0174. The van der Waals surface area contributed by atoms with E-state index >= 15 is 0 Å². The van der Waals surface area contributed by atoms with Gasteiger partial charge in [0, 0.05) is 11.3 Å². The van der Waals surface area contributed by atoms with Crippen LogP contribution in [-0.4, -0.2) is 29.8 Å². The number of alkyl halides is 3. The van der Waals surface area contributed by atoms with Gasteiger partial charge in [-0.2, -0.15) is 13.2 Å². The minimum Gasteiger partial charge on any atom is -0.459 e. The molecule has 2 N–H and O–H groups in total. The number of halogens is 4. The molecule has 1 aliphatic rings. The molecule has 0 spiro atoms. The second kappa shape index (κ2) is 11.2. The van der Waals surface area contributed by atoms with E-state index in [4.69, 9.17) is 16.3 Å². The van der Waals surface area contributed by atoms with Gasteiger partial charge in [-0.05, 0) is 68.4 Å². The Morgan fingerprint density at radius 1 is 0.900 bits per heavy atom. The molecule has 4 rings (SSSR count). The SMILES string of the molecule is CC(C)OC(=O)c1ccc(N2C(=O)C(Cl)=C(Nc3cccc(C(=O)Nc4ccccc4C(F)(F)F)c3)C2=O)cc1. The molecule has 0 aliphatic carbocycles. The molecular weight excluding hydrogens is 551 g/mol. The highest BCUT2D eigenvalue weighted by Gasteiger charge is 2.39. The summed E-state index contributed by atoms with van der Waals surface area (Å²) in [7, 11) is 0. The maximum atomic E-state index is 13.3. The Hall–Kier alpha value is -4.64. The highest BCUT2D eigenvalue weighted by molar-refractivity contribution is 6.53. The fourth-order valence-electron chi connectivity index (χ4n) is 3.79. The van der Waals surface area contributed by atoms with Crippen LogP contribution >= 0.6 is 11.6 Å². The van der Waals surface area contributed by atoms with E-state index in [1.165, 1.54) is 60.7 Å². The number of imide groups is 1. The molecule has 0 bridgehead atoms. The van der Waals surface area contributed by atoms with Gasteiger partial charge in [-0.25, -0.2) is 9.69 Å². The quantitative estimate of drug-likeness (QED) is 0.268. The lowest BCUT2D eigenvalue weighted by Gasteiger charge is -2.16. The average molecular weight is 572 g/mol. The van der Waals surface area contributed by atoms with Crippen LogP contribution in [-0.2, 0) is 20.5 Å². The topological polar surface area (TPSA) is 105 Å². The van der Waals surface area contributed by atoms with Crippen LogP contribution in [0.25, 0.3) is 0 Å². The summed E-state index contributed by atoms with van der Waals surface area (Å²) >= 11 is 6.17. The van der Waals surface area contributed by atoms with E-state index in [-0.39, 0.29) is 34.3 Å². The molecular formula is C28H21ClF3N3O5. The largest absolute Gasteiger partial charge is 0.459 e. The fraction of sp³-hybridized carbons (Fsp3) is 0.143. The summed E-state index contributed by atoms with van der Waals surface area (Å²) in [4.78, 5) is 51.5. The Labute approximate surface area is 231 Å². The summed E-state index contributed by atoms with van der Waals surface area (Å²) < 4.78 is 45.0. The van der Waals surface area contributed by atoms with Crippen LogP contribution in [0.5, 0.6) is 0 Å². The number of para-hydroxylation sites is 1. The number of amides is 3. The molecule has 8 nitrogen and oxygen atoms in total. The van der Waals surface area contributed by atoms with Crippen LogP contribution < -0.4 is 15.5 Å². The third-order valence-electron chi connectivity index (χ3n) is 5.61. The minimum atomic E-state index is -4.67. The number of ether oxygens (including phenoxy) is 1. The molecule has 0 saturated heterocycles. The van der Waals surface area contributed by atoms with Crippen molar-refractivity contribution in [3.8, 4) is 0 Å². The number of nitrogens with one attached hydrogen (secondary N) is 2. The molecule has 206 valence electrons. The molecule has 0 saturated carbocycles. The summed E-state index contributed by atoms with van der Waals surface area (Å²) in [6, 6.07) is 15.7. The second-order valence-electron chi connectivity index (χ2n) is 8.84. The Bertz CT molecular complexity index is 1530. The van der Waals surface area contributed by atoms with E-state index < -0.39 is 46.2 Å². The maximum absolute atomic E-state index is 13.3. The van der Waals surface area contributed by atoms with E-state index in [0.29, 0.717) is 0 Å². The zero-order chi connectivity index (χ0) is 29.2. The number of esters is 1. The lowest BCUT2D eigenvalue weighted by atomic mass is 10.1. The van der Waals surface area contributed by atoms with Crippen molar-refractivity contribution in [2.75, 3.05) is 15.5 Å². The third kappa shape index (κ3) is 5.99. The molecule has 1 heterocycles. The number of nitrogens with zero attached hydrogens (tertiary/aromatic N) is 1. The van der Waals surface area contributed by atoms with Crippen molar-refractivity contribution < 1.29 is 37.1 Å². The van der Waals surface area contributed by atoms with Gasteiger partial charge in [0.05, 0.1) is 28.6 Å². The number of anilines is 3. The highest BCUT2D eigenvalue weighted by Crippen LogP contribution is 2.35. The normalized spacial score (nSPS) is 13.6. The molecule has 12 heteroatoms. The van der Waals surface area contributed by atoms with Gasteiger partial charge < -0.3 is 15.4 Å². The first-order valence-corrected chi connectivity index (χ1v) is 12.2. The van der Waals surface area contributed by atoms with Gasteiger partial charge >= 0.3 is 12.1 Å². The molecule has 0 atom stereocenters. The molecule has 0 aromatic heterocycles.